The van der Waals surface area contributed by atoms with Crippen molar-refractivity contribution in [2.45, 2.75) is 0 Å². The Morgan fingerprint density at radius 1 is 1.46 bits per heavy atom. The number of amides is 1. The predicted octanol–water partition coefficient (Wildman–Crippen LogP) is 1.10. The minimum atomic E-state index is -0.566. The van der Waals surface area contributed by atoms with Gasteiger partial charge in [0.2, 0.25) is 5.91 Å². The molecule has 0 unspecified atom stereocenters. The molecular formula is C10H10N2O. The van der Waals surface area contributed by atoms with Gasteiger partial charge in [0, 0.05) is 11.1 Å². The van der Waals surface area contributed by atoms with Gasteiger partial charge in [0.1, 0.15) is 0 Å². The number of nitrogens with one attached hydrogen (secondary N) is 1. The minimum Gasteiger partial charge on any atom is -0.366 e. The van der Waals surface area contributed by atoms with Crippen LogP contribution in [0, 0.1) is 5.41 Å². The normalized spacial score (nSPS) is 17.8. The Bertz CT molecular complexity index is 359. The maximum atomic E-state index is 10.6. The van der Waals surface area contributed by atoms with Crippen LogP contribution in [-0.2, 0) is 4.79 Å². The summed E-state index contributed by atoms with van der Waals surface area (Å²) in [6, 6.07) is 0. The van der Waals surface area contributed by atoms with Crippen LogP contribution in [0.3, 0.4) is 0 Å². The monoisotopic (exact) mass is 174 g/mol. The molecule has 0 aromatic carbocycles. The maximum absolute atomic E-state index is 10.6. The van der Waals surface area contributed by atoms with Crippen LogP contribution in [0.4, 0.5) is 0 Å². The standard InChI is InChI=1S/C10H10N2O/c1-7(10(12)13)6-8-4-2-3-5-9(8)11/h2-6,11H,1H2,(H2,12,13)/b8-6-,11-9?. The van der Waals surface area contributed by atoms with E-state index in [0.29, 0.717) is 11.3 Å². The van der Waals surface area contributed by atoms with Gasteiger partial charge in [-0.3, -0.25) is 4.79 Å². The highest BCUT2D eigenvalue weighted by Gasteiger charge is 2.04. The summed E-state index contributed by atoms with van der Waals surface area (Å²) in [6.07, 6.45) is 8.42. The lowest BCUT2D eigenvalue weighted by Crippen LogP contribution is -2.12. The molecule has 3 heteroatoms. The van der Waals surface area contributed by atoms with Crippen LogP contribution in [0.15, 0.2) is 48.1 Å². The first-order valence-electron chi connectivity index (χ1n) is 3.75. The maximum Gasteiger partial charge on any atom is 0.248 e. The highest BCUT2D eigenvalue weighted by molar-refractivity contribution is 6.11. The van der Waals surface area contributed by atoms with E-state index in [1.165, 1.54) is 6.08 Å². The van der Waals surface area contributed by atoms with E-state index in [0.717, 1.165) is 0 Å². The molecule has 0 atom stereocenters. The Kier molecular flexibility index (Phi) is 2.59. The SMILES string of the molecule is C=C(/C=C1/C=CC=CC1=N)C(N)=O. The molecule has 0 aliphatic heterocycles. The zero-order valence-electron chi connectivity index (χ0n) is 7.08. The number of rotatable bonds is 2. The second-order valence-electron chi connectivity index (χ2n) is 2.62. The molecule has 0 saturated heterocycles. The van der Waals surface area contributed by atoms with Gasteiger partial charge in [-0.1, -0.05) is 24.8 Å². The van der Waals surface area contributed by atoms with Crippen molar-refractivity contribution < 1.29 is 4.79 Å². The smallest absolute Gasteiger partial charge is 0.248 e. The summed E-state index contributed by atoms with van der Waals surface area (Å²) in [5.41, 5.74) is 6.21. The van der Waals surface area contributed by atoms with Gasteiger partial charge < -0.3 is 11.1 Å². The van der Waals surface area contributed by atoms with Crippen LogP contribution < -0.4 is 5.73 Å². The molecule has 66 valence electrons. The number of hydrogen-bond acceptors (Lipinski definition) is 2. The van der Waals surface area contributed by atoms with Gasteiger partial charge >= 0.3 is 0 Å². The predicted molar refractivity (Wildman–Crippen MR) is 52.4 cm³/mol. The van der Waals surface area contributed by atoms with E-state index in [4.69, 9.17) is 11.1 Å². The third-order valence-electron chi connectivity index (χ3n) is 1.61. The van der Waals surface area contributed by atoms with Gasteiger partial charge in [-0.2, -0.15) is 0 Å². The minimum absolute atomic E-state index is 0.208. The first-order valence-corrected chi connectivity index (χ1v) is 3.75. The highest BCUT2D eigenvalue weighted by Crippen LogP contribution is 2.09. The molecule has 3 nitrogen and oxygen atoms in total. The molecule has 0 radical (unpaired) electrons. The van der Waals surface area contributed by atoms with Gasteiger partial charge in [-0.15, -0.1) is 0 Å². The summed E-state index contributed by atoms with van der Waals surface area (Å²) >= 11 is 0. The number of carbonyl (C=O) groups is 1. The first kappa shape index (κ1) is 9.19. The Morgan fingerprint density at radius 3 is 2.62 bits per heavy atom. The quantitative estimate of drug-likeness (QED) is 0.605. The van der Waals surface area contributed by atoms with Crippen molar-refractivity contribution in [3.05, 3.63) is 48.1 Å². The van der Waals surface area contributed by atoms with Crippen LogP contribution >= 0.6 is 0 Å². The van der Waals surface area contributed by atoms with Crippen molar-refractivity contribution in [3.8, 4) is 0 Å². The highest BCUT2D eigenvalue weighted by atomic mass is 16.1. The van der Waals surface area contributed by atoms with E-state index in [1.54, 1.807) is 24.3 Å². The van der Waals surface area contributed by atoms with Gasteiger partial charge in [0.25, 0.3) is 0 Å². The lowest BCUT2D eigenvalue weighted by molar-refractivity contribution is -0.114. The first-order chi connectivity index (χ1) is 6.11. The molecule has 0 saturated carbocycles. The second-order valence-corrected chi connectivity index (χ2v) is 2.62. The lowest BCUT2D eigenvalue weighted by Gasteiger charge is -2.03. The molecule has 0 fully saturated rings. The van der Waals surface area contributed by atoms with E-state index >= 15 is 0 Å². The van der Waals surface area contributed by atoms with Crippen LogP contribution in [0.2, 0.25) is 0 Å². The lowest BCUT2D eigenvalue weighted by atomic mass is 10.0. The number of nitrogens with two attached hydrogens (primary N) is 1. The van der Waals surface area contributed by atoms with Crippen LogP contribution in [-0.4, -0.2) is 11.6 Å². The fourth-order valence-corrected chi connectivity index (χ4v) is 0.882. The topological polar surface area (TPSA) is 66.9 Å². The Labute approximate surface area is 76.4 Å². The second kappa shape index (κ2) is 3.67. The van der Waals surface area contributed by atoms with Crippen LogP contribution in [0.25, 0.3) is 0 Å². The molecule has 13 heavy (non-hydrogen) atoms. The fraction of sp³-hybridized carbons (Fsp3) is 0. The van der Waals surface area contributed by atoms with Crippen molar-refractivity contribution in [1.29, 1.82) is 5.41 Å². The van der Waals surface area contributed by atoms with Gasteiger partial charge in [0.05, 0.1) is 5.71 Å². The van der Waals surface area contributed by atoms with Crippen molar-refractivity contribution >= 4 is 11.6 Å². The van der Waals surface area contributed by atoms with Crippen molar-refractivity contribution in [2.24, 2.45) is 5.73 Å². The van der Waals surface area contributed by atoms with E-state index in [2.05, 4.69) is 6.58 Å². The Balaban J connectivity index is 2.89. The molecule has 0 heterocycles. The summed E-state index contributed by atoms with van der Waals surface area (Å²) in [7, 11) is 0. The average Bonchev–Trinajstić information content (AvgIpc) is 2.08. The van der Waals surface area contributed by atoms with E-state index < -0.39 is 5.91 Å². The summed E-state index contributed by atoms with van der Waals surface area (Å²) in [6.45, 7) is 3.48. The molecule has 1 aliphatic rings. The molecule has 3 N–H and O–H groups in total. The number of primary amides is 1. The van der Waals surface area contributed by atoms with Crippen LogP contribution in [0.5, 0.6) is 0 Å². The van der Waals surface area contributed by atoms with Crippen molar-refractivity contribution in [1.82, 2.24) is 0 Å². The summed E-state index contributed by atoms with van der Waals surface area (Å²) in [5.74, 6) is -0.566. The van der Waals surface area contributed by atoms with Crippen LogP contribution in [0.1, 0.15) is 0 Å². The molecule has 0 aromatic heterocycles. The molecule has 0 aromatic rings. The van der Waals surface area contributed by atoms with Gasteiger partial charge in [-0.05, 0) is 12.2 Å². The molecule has 1 aliphatic carbocycles. The molecular weight excluding hydrogens is 164 g/mol. The zero-order chi connectivity index (χ0) is 9.84. The summed E-state index contributed by atoms with van der Waals surface area (Å²) in [5, 5.41) is 7.48. The summed E-state index contributed by atoms with van der Waals surface area (Å²) in [4.78, 5) is 10.6. The molecule has 1 rings (SSSR count). The van der Waals surface area contributed by atoms with E-state index in [9.17, 15) is 4.79 Å². The fourth-order valence-electron chi connectivity index (χ4n) is 0.882. The van der Waals surface area contributed by atoms with Gasteiger partial charge in [-0.25, -0.2) is 0 Å². The van der Waals surface area contributed by atoms with E-state index in [1.807, 2.05) is 0 Å². The van der Waals surface area contributed by atoms with Crippen molar-refractivity contribution in [3.63, 3.8) is 0 Å². The molecule has 1 amide bonds. The Hall–Kier alpha value is -1.90. The summed E-state index contributed by atoms with van der Waals surface area (Å²) < 4.78 is 0. The number of allylic oxidation sites excluding steroid dienone is 5. The van der Waals surface area contributed by atoms with Gasteiger partial charge in [0.15, 0.2) is 0 Å². The van der Waals surface area contributed by atoms with E-state index in [-0.39, 0.29) is 5.57 Å². The molecule has 0 bridgehead atoms. The van der Waals surface area contributed by atoms with Crippen molar-refractivity contribution in [2.75, 3.05) is 0 Å². The largest absolute Gasteiger partial charge is 0.366 e. The average molecular weight is 174 g/mol. The third kappa shape index (κ3) is 2.27. The Morgan fingerprint density at radius 2 is 2.08 bits per heavy atom. The third-order valence-corrected chi connectivity index (χ3v) is 1.61. The number of hydrogen-bond donors (Lipinski definition) is 2. The zero-order valence-corrected chi connectivity index (χ0v) is 7.08. The number of carbonyl (C=O) groups excluding carboxylic acids is 1. The molecule has 0 spiro atoms.